The van der Waals surface area contributed by atoms with Gasteiger partial charge >= 0.3 is 6.61 Å². The number of aromatic nitrogens is 2. The van der Waals surface area contributed by atoms with Crippen molar-refractivity contribution in [3.8, 4) is 11.5 Å². The number of alkyl halides is 2. The summed E-state index contributed by atoms with van der Waals surface area (Å²) in [6.45, 7) is -3.33. The minimum absolute atomic E-state index is 0.110. The first kappa shape index (κ1) is 18.1. The van der Waals surface area contributed by atoms with Crippen LogP contribution in [0.15, 0.2) is 42.7 Å². The molecule has 0 aliphatic rings. The van der Waals surface area contributed by atoms with Crippen LogP contribution in [0.3, 0.4) is 0 Å². The molecule has 136 valence electrons. The summed E-state index contributed by atoms with van der Waals surface area (Å²) in [6, 6.07) is 10.0. The lowest BCUT2D eigenvalue weighted by atomic mass is 10.2. The molecule has 0 atom stereocenters. The molecule has 1 aromatic heterocycles. The minimum atomic E-state index is -2.87. The maximum atomic E-state index is 12.0. The van der Waals surface area contributed by atoms with E-state index in [0.717, 1.165) is 5.69 Å². The van der Waals surface area contributed by atoms with Crippen molar-refractivity contribution < 1.29 is 23.4 Å². The van der Waals surface area contributed by atoms with Gasteiger partial charge in [0, 0.05) is 22.2 Å². The number of phenolic OH excluding ortho intramolecular Hbond substituents is 1. The molecule has 0 amide bonds. The molecule has 9 heteroatoms. The lowest BCUT2D eigenvalue weighted by Crippen LogP contribution is -2.09. The number of anilines is 2. The standard InChI is InChI=1S/C17H14ClF2N3O3/c18-10-2-1-3-11(6-10)23-16-12-7-15(25-4-5-26-17(19)20)14(24)8-13(12)21-9-22-16/h1-3,6-9,17,24H,4-5H2,(H,21,22,23). The Kier molecular flexibility index (Phi) is 5.65. The summed E-state index contributed by atoms with van der Waals surface area (Å²) in [4.78, 5) is 8.30. The van der Waals surface area contributed by atoms with E-state index in [1.807, 2.05) is 6.07 Å². The van der Waals surface area contributed by atoms with Crippen LogP contribution in [0.4, 0.5) is 20.3 Å². The normalized spacial score (nSPS) is 11.1. The van der Waals surface area contributed by atoms with Gasteiger partial charge in [-0.1, -0.05) is 17.7 Å². The van der Waals surface area contributed by atoms with E-state index in [9.17, 15) is 13.9 Å². The first-order chi connectivity index (χ1) is 12.5. The molecule has 0 saturated heterocycles. The number of hydrogen-bond donors (Lipinski definition) is 2. The molecule has 2 N–H and O–H groups in total. The van der Waals surface area contributed by atoms with Crippen LogP contribution in [0, 0.1) is 0 Å². The van der Waals surface area contributed by atoms with Crippen molar-refractivity contribution >= 4 is 34.0 Å². The van der Waals surface area contributed by atoms with Gasteiger partial charge in [-0.05, 0) is 24.3 Å². The van der Waals surface area contributed by atoms with Crippen LogP contribution in [0.1, 0.15) is 0 Å². The quantitative estimate of drug-likeness (QED) is 0.592. The van der Waals surface area contributed by atoms with E-state index in [0.29, 0.717) is 21.7 Å². The first-order valence-corrected chi connectivity index (χ1v) is 7.93. The Morgan fingerprint density at radius 2 is 2.00 bits per heavy atom. The Bertz CT molecular complexity index is 912. The molecular formula is C17H14ClF2N3O3. The highest BCUT2D eigenvalue weighted by Crippen LogP contribution is 2.34. The largest absolute Gasteiger partial charge is 0.504 e. The number of ether oxygens (including phenoxy) is 2. The number of rotatable bonds is 7. The lowest BCUT2D eigenvalue weighted by molar-refractivity contribution is -0.133. The van der Waals surface area contributed by atoms with Gasteiger partial charge in [0.05, 0.1) is 12.1 Å². The van der Waals surface area contributed by atoms with Crippen molar-refractivity contribution in [2.45, 2.75) is 6.61 Å². The van der Waals surface area contributed by atoms with E-state index in [-0.39, 0.29) is 24.7 Å². The molecule has 0 radical (unpaired) electrons. The molecule has 0 unspecified atom stereocenters. The second kappa shape index (κ2) is 8.11. The molecule has 3 aromatic rings. The molecule has 6 nitrogen and oxygen atoms in total. The molecule has 0 aliphatic heterocycles. The summed E-state index contributed by atoms with van der Waals surface area (Å²) in [5.74, 6) is 0.423. The van der Waals surface area contributed by atoms with Crippen molar-refractivity contribution in [1.82, 2.24) is 9.97 Å². The van der Waals surface area contributed by atoms with Crippen LogP contribution in [0.2, 0.25) is 5.02 Å². The van der Waals surface area contributed by atoms with E-state index in [2.05, 4.69) is 20.0 Å². The number of benzene rings is 2. The van der Waals surface area contributed by atoms with Crippen molar-refractivity contribution in [1.29, 1.82) is 0 Å². The Morgan fingerprint density at radius 1 is 1.15 bits per heavy atom. The molecule has 0 fully saturated rings. The topological polar surface area (TPSA) is 76.5 Å². The van der Waals surface area contributed by atoms with E-state index in [1.165, 1.54) is 18.5 Å². The third-order valence-electron chi connectivity index (χ3n) is 3.39. The molecule has 3 rings (SSSR count). The average molecular weight is 382 g/mol. The summed E-state index contributed by atoms with van der Waals surface area (Å²) < 4.78 is 33.4. The Morgan fingerprint density at radius 3 is 2.77 bits per heavy atom. The van der Waals surface area contributed by atoms with Gasteiger partial charge in [-0.25, -0.2) is 9.97 Å². The summed E-state index contributed by atoms with van der Waals surface area (Å²) >= 11 is 5.98. The Balaban J connectivity index is 1.86. The number of phenols is 1. The zero-order chi connectivity index (χ0) is 18.5. The monoisotopic (exact) mass is 381 g/mol. The summed E-state index contributed by atoms with van der Waals surface area (Å²) in [5.41, 5.74) is 1.21. The Labute approximate surface area is 152 Å². The number of halogens is 3. The van der Waals surface area contributed by atoms with Crippen LogP contribution in [0.5, 0.6) is 11.5 Å². The predicted octanol–water partition coefficient (Wildman–Crippen LogP) is 4.35. The van der Waals surface area contributed by atoms with Crippen LogP contribution in [-0.2, 0) is 4.74 Å². The fourth-order valence-electron chi connectivity index (χ4n) is 2.28. The molecule has 0 bridgehead atoms. The van der Waals surface area contributed by atoms with E-state index < -0.39 is 6.61 Å². The number of nitrogens with zero attached hydrogens (tertiary/aromatic N) is 2. The lowest BCUT2D eigenvalue weighted by Gasteiger charge is -2.12. The van der Waals surface area contributed by atoms with Gasteiger partial charge < -0.3 is 19.9 Å². The van der Waals surface area contributed by atoms with Crippen molar-refractivity contribution in [2.75, 3.05) is 18.5 Å². The van der Waals surface area contributed by atoms with E-state index >= 15 is 0 Å². The molecule has 1 heterocycles. The van der Waals surface area contributed by atoms with Gasteiger partial charge in [-0.15, -0.1) is 0 Å². The SMILES string of the molecule is Oc1cc2ncnc(Nc3cccc(Cl)c3)c2cc1OCCOC(F)F. The number of nitrogens with one attached hydrogen (secondary N) is 1. The maximum absolute atomic E-state index is 12.0. The second-order valence-corrected chi connectivity index (χ2v) is 5.61. The highest BCUT2D eigenvalue weighted by atomic mass is 35.5. The molecule has 0 saturated carbocycles. The van der Waals surface area contributed by atoms with Gasteiger partial charge in [0.1, 0.15) is 18.8 Å². The molecule has 0 spiro atoms. The number of aromatic hydroxyl groups is 1. The Hall–Kier alpha value is -2.71. The van der Waals surface area contributed by atoms with Gasteiger partial charge in [-0.3, -0.25) is 0 Å². The third kappa shape index (κ3) is 4.47. The van der Waals surface area contributed by atoms with Gasteiger partial charge in [0.2, 0.25) is 0 Å². The number of fused-ring (bicyclic) bond motifs is 1. The predicted molar refractivity (Wildman–Crippen MR) is 93.4 cm³/mol. The summed E-state index contributed by atoms with van der Waals surface area (Å²) in [6.07, 6.45) is 1.35. The fraction of sp³-hybridized carbons (Fsp3) is 0.176. The molecule has 0 aliphatic carbocycles. The highest BCUT2D eigenvalue weighted by Gasteiger charge is 2.11. The number of hydrogen-bond acceptors (Lipinski definition) is 6. The van der Waals surface area contributed by atoms with Crippen LogP contribution < -0.4 is 10.1 Å². The second-order valence-electron chi connectivity index (χ2n) is 5.17. The molecular weight excluding hydrogens is 368 g/mol. The minimum Gasteiger partial charge on any atom is -0.504 e. The molecule has 26 heavy (non-hydrogen) atoms. The van der Waals surface area contributed by atoms with Crippen molar-refractivity contribution in [3.63, 3.8) is 0 Å². The van der Waals surface area contributed by atoms with E-state index in [4.69, 9.17) is 16.3 Å². The van der Waals surface area contributed by atoms with Gasteiger partial charge in [-0.2, -0.15) is 8.78 Å². The summed E-state index contributed by atoms with van der Waals surface area (Å²) in [5, 5.41) is 14.3. The van der Waals surface area contributed by atoms with Gasteiger partial charge in [0.25, 0.3) is 0 Å². The van der Waals surface area contributed by atoms with Crippen molar-refractivity contribution in [2.24, 2.45) is 0 Å². The third-order valence-corrected chi connectivity index (χ3v) is 3.62. The molecule has 2 aromatic carbocycles. The van der Waals surface area contributed by atoms with E-state index in [1.54, 1.807) is 18.2 Å². The van der Waals surface area contributed by atoms with Crippen LogP contribution >= 0.6 is 11.6 Å². The fourth-order valence-corrected chi connectivity index (χ4v) is 2.47. The first-order valence-electron chi connectivity index (χ1n) is 7.56. The van der Waals surface area contributed by atoms with Crippen LogP contribution in [0.25, 0.3) is 10.9 Å². The zero-order valence-corrected chi connectivity index (χ0v) is 14.1. The van der Waals surface area contributed by atoms with Gasteiger partial charge in [0.15, 0.2) is 11.5 Å². The smallest absolute Gasteiger partial charge is 0.345 e. The van der Waals surface area contributed by atoms with Crippen molar-refractivity contribution in [3.05, 3.63) is 47.7 Å². The summed E-state index contributed by atoms with van der Waals surface area (Å²) in [7, 11) is 0. The maximum Gasteiger partial charge on any atom is 0.345 e. The average Bonchev–Trinajstić information content (AvgIpc) is 2.59. The highest BCUT2D eigenvalue weighted by molar-refractivity contribution is 6.30. The van der Waals surface area contributed by atoms with Crippen LogP contribution in [-0.4, -0.2) is 34.9 Å². The zero-order valence-electron chi connectivity index (χ0n) is 13.3.